The van der Waals surface area contributed by atoms with Crippen molar-refractivity contribution in [2.45, 2.75) is 12.8 Å². The first kappa shape index (κ1) is 22.9. The number of pyridine rings is 1. The van der Waals surface area contributed by atoms with Gasteiger partial charge in [0, 0.05) is 36.6 Å². The summed E-state index contributed by atoms with van der Waals surface area (Å²) in [7, 11) is 0. The molecule has 5 rings (SSSR count). The highest BCUT2D eigenvalue weighted by atomic mass is 35.5. The summed E-state index contributed by atoms with van der Waals surface area (Å²) in [5.74, 6) is 0.948. The molecule has 0 radical (unpaired) electrons. The van der Waals surface area contributed by atoms with Crippen molar-refractivity contribution in [1.29, 1.82) is 0 Å². The second kappa shape index (κ2) is 10.2. The van der Waals surface area contributed by atoms with Crippen molar-refractivity contribution < 1.29 is 18.7 Å². The van der Waals surface area contributed by atoms with E-state index in [1.54, 1.807) is 30.3 Å². The third kappa shape index (κ3) is 5.64. The van der Waals surface area contributed by atoms with Gasteiger partial charge in [-0.25, -0.2) is 0 Å². The molecular formula is C25H24ClN5O4. The fourth-order valence-corrected chi connectivity index (χ4v) is 4.05. The van der Waals surface area contributed by atoms with E-state index in [1.165, 1.54) is 25.1 Å². The molecule has 1 aliphatic rings. The van der Waals surface area contributed by atoms with Crippen LogP contribution < -0.4 is 20.5 Å². The first-order chi connectivity index (χ1) is 17.0. The molecule has 0 spiro atoms. The summed E-state index contributed by atoms with van der Waals surface area (Å²) in [6, 6.07) is 14.1. The number of nitrogens with two attached hydrogens (primary N) is 1. The van der Waals surface area contributed by atoms with Gasteiger partial charge < -0.3 is 24.9 Å². The van der Waals surface area contributed by atoms with Crippen LogP contribution in [-0.2, 0) is 0 Å². The van der Waals surface area contributed by atoms with Gasteiger partial charge >= 0.3 is 0 Å². The normalized spacial score (nSPS) is 13.7. The molecule has 0 bridgehead atoms. The molecule has 2 aromatic carbocycles. The number of anilines is 2. The zero-order chi connectivity index (χ0) is 24.2. The molecule has 0 saturated carbocycles. The van der Waals surface area contributed by atoms with Gasteiger partial charge in [-0.3, -0.25) is 14.7 Å². The molecule has 0 unspecified atom stereocenters. The Bertz CT molecular complexity index is 1350. The summed E-state index contributed by atoms with van der Waals surface area (Å²) >= 11 is 6.32. The molecule has 10 heteroatoms. The molecule has 3 heterocycles. The number of oxazole rings is 1. The first-order valence-corrected chi connectivity index (χ1v) is 11.7. The number of nitrogens with zero attached hydrogens (tertiary/aromatic N) is 3. The largest absolute Gasteiger partial charge is 0.491 e. The van der Waals surface area contributed by atoms with Crippen molar-refractivity contribution in [2.24, 2.45) is 5.73 Å². The van der Waals surface area contributed by atoms with Gasteiger partial charge in [-0.15, -0.1) is 0 Å². The molecule has 4 aromatic rings. The van der Waals surface area contributed by atoms with Crippen molar-refractivity contribution in [3.63, 3.8) is 0 Å². The molecular weight excluding hydrogens is 470 g/mol. The lowest BCUT2D eigenvalue weighted by atomic mass is 10.3. The summed E-state index contributed by atoms with van der Waals surface area (Å²) in [6.07, 6.45) is 3.96. The van der Waals surface area contributed by atoms with E-state index in [4.69, 9.17) is 31.2 Å². The van der Waals surface area contributed by atoms with Gasteiger partial charge in [-0.2, -0.15) is 4.98 Å². The lowest BCUT2D eigenvalue weighted by Gasteiger charge is -2.16. The molecule has 1 amide bonds. The summed E-state index contributed by atoms with van der Waals surface area (Å²) in [6.45, 7) is 3.71. The Hall–Kier alpha value is -3.82. The van der Waals surface area contributed by atoms with E-state index in [2.05, 4.69) is 20.2 Å². The number of amides is 1. The quantitative estimate of drug-likeness (QED) is 0.335. The molecule has 9 nitrogen and oxygen atoms in total. The minimum absolute atomic E-state index is 0.124. The van der Waals surface area contributed by atoms with Crippen LogP contribution in [0.25, 0.3) is 11.1 Å². The molecule has 1 saturated heterocycles. The second-order valence-corrected chi connectivity index (χ2v) is 8.57. The Morgan fingerprint density at radius 2 is 1.94 bits per heavy atom. The number of carbonyl (C=O) groups is 1. The number of hydrogen-bond acceptors (Lipinski definition) is 8. The van der Waals surface area contributed by atoms with Crippen LogP contribution in [0.4, 0.5) is 11.7 Å². The van der Waals surface area contributed by atoms with Crippen molar-refractivity contribution in [3.8, 4) is 17.2 Å². The number of rotatable bonds is 9. The molecule has 1 fully saturated rings. The molecule has 2 aromatic heterocycles. The smallest absolute Gasteiger partial charge is 0.300 e. The van der Waals surface area contributed by atoms with E-state index >= 15 is 0 Å². The average Bonchev–Trinajstić information content (AvgIpc) is 3.50. The molecule has 0 atom stereocenters. The Labute approximate surface area is 206 Å². The number of fused-ring (bicyclic) bond motifs is 1. The zero-order valence-corrected chi connectivity index (χ0v) is 19.6. The van der Waals surface area contributed by atoms with Gasteiger partial charge in [0.15, 0.2) is 5.58 Å². The number of hydrogen-bond donors (Lipinski definition) is 2. The van der Waals surface area contributed by atoms with E-state index in [-0.39, 0.29) is 5.69 Å². The highest BCUT2D eigenvalue weighted by molar-refractivity contribution is 6.32. The minimum Gasteiger partial charge on any atom is -0.491 e. The molecule has 0 aliphatic carbocycles. The van der Waals surface area contributed by atoms with Gasteiger partial charge in [0.2, 0.25) is 0 Å². The highest BCUT2D eigenvalue weighted by Gasteiger charge is 2.13. The molecule has 1 aliphatic heterocycles. The average molecular weight is 494 g/mol. The maximum Gasteiger partial charge on any atom is 0.300 e. The van der Waals surface area contributed by atoms with Gasteiger partial charge in [0.05, 0.1) is 5.02 Å². The third-order valence-electron chi connectivity index (χ3n) is 5.62. The Balaban J connectivity index is 1.26. The number of aromatic nitrogens is 2. The van der Waals surface area contributed by atoms with E-state index in [9.17, 15) is 4.79 Å². The predicted molar refractivity (Wildman–Crippen MR) is 133 cm³/mol. The van der Waals surface area contributed by atoms with Crippen LogP contribution in [0.1, 0.15) is 23.3 Å². The summed E-state index contributed by atoms with van der Waals surface area (Å²) < 4.78 is 17.6. The fraction of sp³-hybridized carbons (Fsp3) is 0.240. The summed E-state index contributed by atoms with van der Waals surface area (Å²) in [5.41, 5.74) is 7.33. The van der Waals surface area contributed by atoms with Crippen LogP contribution in [0.3, 0.4) is 0 Å². The number of primary amides is 1. The third-order valence-corrected chi connectivity index (χ3v) is 5.94. The van der Waals surface area contributed by atoms with Crippen molar-refractivity contribution in [3.05, 3.63) is 65.4 Å². The van der Waals surface area contributed by atoms with Crippen molar-refractivity contribution in [1.82, 2.24) is 14.9 Å². The van der Waals surface area contributed by atoms with Gasteiger partial charge in [-0.05, 0) is 56.3 Å². The van der Waals surface area contributed by atoms with Crippen LogP contribution in [0.15, 0.2) is 59.1 Å². The van der Waals surface area contributed by atoms with Crippen LogP contribution in [0, 0.1) is 0 Å². The van der Waals surface area contributed by atoms with Gasteiger partial charge in [0.1, 0.15) is 35.1 Å². The van der Waals surface area contributed by atoms with Crippen molar-refractivity contribution >= 4 is 40.3 Å². The van der Waals surface area contributed by atoms with Gasteiger partial charge in [0.25, 0.3) is 11.9 Å². The SMILES string of the molecule is NC(=O)c1cc(Oc2ccc3oc(Nc4ccc(Cl)c(OCCN5CCCC5)c4)nc3c2)ccn1. The maximum absolute atomic E-state index is 11.3. The zero-order valence-electron chi connectivity index (χ0n) is 18.9. The second-order valence-electron chi connectivity index (χ2n) is 8.16. The number of nitrogens with one attached hydrogen (secondary N) is 1. The minimum atomic E-state index is -0.625. The maximum atomic E-state index is 11.3. The van der Waals surface area contributed by atoms with Crippen LogP contribution >= 0.6 is 11.6 Å². The Morgan fingerprint density at radius 1 is 1.11 bits per heavy atom. The lowest BCUT2D eigenvalue weighted by Crippen LogP contribution is -2.25. The number of benzene rings is 2. The van der Waals surface area contributed by atoms with Crippen LogP contribution in [-0.4, -0.2) is 47.0 Å². The first-order valence-electron chi connectivity index (χ1n) is 11.3. The van der Waals surface area contributed by atoms with Crippen molar-refractivity contribution in [2.75, 3.05) is 31.6 Å². The van der Waals surface area contributed by atoms with E-state index in [1.807, 2.05) is 12.1 Å². The highest BCUT2D eigenvalue weighted by Crippen LogP contribution is 2.31. The Kier molecular flexibility index (Phi) is 6.69. The molecule has 35 heavy (non-hydrogen) atoms. The summed E-state index contributed by atoms with van der Waals surface area (Å²) in [4.78, 5) is 22.1. The van der Waals surface area contributed by atoms with E-state index in [0.717, 1.165) is 25.3 Å². The molecule has 180 valence electrons. The number of halogens is 1. The number of likely N-dealkylation sites (tertiary alicyclic amines) is 1. The van der Waals surface area contributed by atoms with E-state index in [0.29, 0.717) is 46.0 Å². The fourth-order valence-electron chi connectivity index (χ4n) is 3.88. The monoisotopic (exact) mass is 493 g/mol. The van der Waals surface area contributed by atoms with Crippen LogP contribution in [0.5, 0.6) is 17.2 Å². The number of ether oxygens (including phenoxy) is 2. The number of carbonyl (C=O) groups excluding carboxylic acids is 1. The standard InChI is InChI=1S/C25H24ClN5O4/c26-19-5-3-16(13-23(19)33-12-11-31-9-1-2-10-31)29-25-30-20-14-17(4-6-22(20)35-25)34-18-7-8-28-21(15-18)24(27)32/h3-8,13-15H,1-2,9-12H2,(H2,27,32)(H,29,30). The van der Waals surface area contributed by atoms with Crippen LogP contribution in [0.2, 0.25) is 5.02 Å². The molecule has 3 N–H and O–H groups in total. The van der Waals surface area contributed by atoms with Gasteiger partial charge in [-0.1, -0.05) is 11.6 Å². The van der Waals surface area contributed by atoms with E-state index < -0.39 is 5.91 Å². The lowest BCUT2D eigenvalue weighted by molar-refractivity contribution is 0.0995. The predicted octanol–water partition coefficient (Wildman–Crippen LogP) is 4.99. The Morgan fingerprint density at radius 3 is 2.77 bits per heavy atom. The topological polar surface area (TPSA) is 116 Å². The summed E-state index contributed by atoms with van der Waals surface area (Å²) in [5, 5.41) is 3.70.